The van der Waals surface area contributed by atoms with Gasteiger partial charge in [-0.05, 0) is 38.5 Å². The molecule has 0 aliphatic carbocycles. The summed E-state index contributed by atoms with van der Waals surface area (Å²) in [5, 5.41) is 17.2. The number of rotatable bonds is 6. The van der Waals surface area contributed by atoms with Crippen molar-refractivity contribution in [2.24, 2.45) is 0 Å². The maximum atomic E-state index is 11.8. The van der Waals surface area contributed by atoms with E-state index in [0.717, 1.165) is 5.56 Å². The van der Waals surface area contributed by atoms with E-state index in [1.165, 1.54) is 0 Å². The molecule has 6 nitrogen and oxygen atoms in total. The molecule has 0 aromatic heterocycles. The van der Waals surface area contributed by atoms with Gasteiger partial charge in [-0.2, -0.15) is 0 Å². The van der Waals surface area contributed by atoms with E-state index in [0.29, 0.717) is 12.2 Å². The lowest BCUT2D eigenvalue weighted by atomic mass is 10.1. The number of amides is 3. The molecule has 4 N–H and O–H groups in total. The minimum absolute atomic E-state index is 0.117. The minimum Gasteiger partial charge on any atom is -0.394 e. The van der Waals surface area contributed by atoms with Crippen LogP contribution < -0.4 is 16.0 Å². The number of carbonyl (C=O) groups excluding carboxylic acids is 2. The summed E-state index contributed by atoms with van der Waals surface area (Å²) >= 11 is 0. The van der Waals surface area contributed by atoms with Crippen molar-refractivity contribution in [1.82, 2.24) is 10.6 Å². The van der Waals surface area contributed by atoms with Gasteiger partial charge in [-0.15, -0.1) is 0 Å². The van der Waals surface area contributed by atoms with Gasteiger partial charge in [-0.1, -0.05) is 12.1 Å². The van der Waals surface area contributed by atoms with E-state index in [2.05, 4.69) is 16.0 Å². The molecular formula is C15H23N3O3. The van der Waals surface area contributed by atoms with E-state index < -0.39 is 5.54 Å². The third kappa shape index (κ3) is 6.27. The quantitative estimate of drug-likeness (QED) is 0.636. The second-order valence-electron chi connectivity index (χ2n) is 5.45. The van der Waals surface area contributed by atoms with Gasteiger partial charge in [-0.25, -0.2) is 4.79 Å². The van der Waals surface area contributed by atoms with Crippen LogP contribution >= 0.6 is 0 Å². The molecule has 0 radical (unpaired) electrons. The Morgan fingerprint density at radius 2 is 1.81 bits per heavy atom. The lowest BCUT2D eigenvalue weighted by molar-refractivity contribution is -0.122. The molecule has 0 bridgehead atoms. The monoisotopic (exact) mass is 293 g/mol. The maximum absolute atomic E-state index is 11.8. The van der Waals surface area contributed by atoms with Gasteiger partial charge in [-0.3, -0.25) is 4.79 Å². The second-order valence-corrected chi connectivity index (χ2v) is 5.45. The van der Waals surface area contributed by atoms with E-state index in [1.807, 2.05) is 6.92 Å². The van der Waals surface area contributed by atoms with Crippen LogP contribution in [0, 0.1) is 0 Å². The van der Waals surface area contributed by atoms with Crippen molar-refractivity contribution in [2.75, 3.05) is 18.5 Å². The molecule has 0 fully saturated rings. The van der Waals surface area contributed by atoms with E-state index in [9.17, 15) is 9.59 Å². The first kappa shape index (κ1) is 17.0. The molecule has 1 aromatic rings. The number of benzene rings is 1. The largest absolute Gasteiger partial charge is 0.394 e. The normalized spacial score (nSPS) is 10.9. The zero-order chi connectivity index (χ0) is 15.9. The third-order valence-corrected chi connectivity index (χ3v) is 2.79. The van der Waals surface area contributed by atoms with Crippen LogP contribution in [0.2, 0.25) is 0 Å². The summed E-state index contributed by atoms with van der Waals surface area (Å²) in [7, 11) is 0. The molecule has 0 spiro atoms. The van der Waals surface area contributed by atoms with Crippen LogP contribution in [0.15, 0.2) is 24.3 Å². The predicted octanol–water partition coefficient (Wildman–Crippen LogP) is 1.26. The molecule has 0 unspecified atom stereocenters. The van der Waals surface area contributed by atoms with Gasteiger partial charge in [0.25, 0.3) is 0 Å². The van der Waals surface area contributed by atoms with Gasteiger partial charge < -0.3 is 21.1 Å². The first-order chi connectivity index (χ1) is 9.86. The van der Waals surface area contributed by atoms with Crippen molar-refractivity contribution in [3.63, 3.8) is 0 Å². The fraction of sp³-hybridized carbons (Fsp3) is 0.467. The Morgan fingerprint density at radius 1 is 1.19 bits per heavy atom. The van der Waals surface area contributed by atoms with Crippen molar-refractivity contribution < 1.29 is 14.7 Å². The molecule has 1 aromatic carbocycles. The molecule has 0 heterocycles. The van der Waals surface area contributed by atoms with Gasteiger partial charge in [0.2, 0.25) is 5.91 Å². The number of anilines is 1. The van der Waals surface area contributed by atoms with E-state index in [-0.39, 0.29) is 25.0 Å². The SMILES string of the molecule is CCNC(=O)Nc1ccc(CC(=O)NC(C)(C)CO)cc1. The Kier molecular flexibility index (Phi) is 6.17. The summed E-state index contributed by atoms with van der Waals surface area (Å²) in [5.41, 5.74) is 0.875. The number of hydrogen-bond acceptors (Lipinski definition) is 3. The first-order valence-corrected chi connectivity index (χ1v) is 6.92. The molecular weight excluding hydrogens is 270 g/mol. The molecule has 3 amide bonds. The fourth-order valence-electron chi connectivity index (χ4n) is 1.69. The van der Waals surface area contributed by atoms with Crippen LogP contribution in [0.5, 0.6) is 0 Å². The Balaban J connectivity index is 2.55. The average molecular weight is 293 g/mol. The van der Waals surface area contributed by atoms with E-state index >= 15 is 0 Å². The van der Waals surface area contributed by atoms with Gasteiger partial charge in [0.1, 0.15) is 0 Å². The number of urea groups is 1. The van der Waals surface area contributed by atoms with Crippen LogP contribution in [0.1, 0.15) is 26.3 Å². The lowest BCUT2D eigenvalue weighted by Crippen LogP contribution is -2.46. The molecule has 0 saturated heterocycles. The average Bonchev–Trinajstić information content (AvgIpc) is 2.40. The van der Waals surface area contributed by atoms with Gasteiger partial charge in [0.05, 0.1) is 18.6 Å². The van der Waals surface area contributed by atoms with Crippen LogP contribution in [-0.2, 0) is 11.2 Å². The highest BCUT2D eigenvalue weighted by atomic mass is 16.3. The number of aliphatic hydroxyl groups is 1. The standard InChI is InChI=1S/C15H23N3O3/c1-4-16-14(21)17-12-7-5-11(6-8-12)9-13(20)18-15(2,3)10-19/h5-8,19H,4,9-10H2,1-3H3,(H,18,20)(H2,16,17,21). The van der Waals surface area contributed by atoms with Crippen molar-refractivity contribution >= 4 is 17.6 Å². The van der Waals surface area contributed by atoms with Gasteiger partial charge in [0, 0.05) is 12.2 Å². The zero-order valence-corrected chi connectivity index (χ0v) is 12.7. The van der Waals surface area contributed by atoms with E-state index in [1.54, 1.807) is 38.1 Å². The smallest absolute Gasteiger partial charge is 0.319 e. The summed E-state index contributed by atoms with van der Waals surface area (Å²) in [5.74, 6) is -0.154. The summed E-state index contributed by atoms with van der Waals surface area (Å²) in [4.78, 5) is 23.2. The second kappa shape index (κ2) is 7.64. The molecule has 116 valence electrons. The van der Waals surface area contributed by atoms with Crippen molar-refractivity contribution in [3.8, 4) is 0 Å². The number of hydrogen-bond donors (Lipinski definition) is 4. The molecule has 0 aliphatic rings. The molecule has 0 aliphatic heterocycles. The molecule has 0 saturated carbocycles. The van der Waals surface area contributed by atoms with Crippen LogP contribution in [0.3, 0.4) is 0 Å². The summed E-state index contributed by atoms with van der Waals surface area (Å²) in [6.45, 7) is 5.79. The highest BCUT2D eigenvalue weighted by Crippen LogP contribution is 2.10. The zero-order valence-electron chi connectivity index (χ0n) is 12.7. The summed E-state index contributed by atoms with van der Waals surface area (Å²) < 4.78 is 0. The molecule has 1 rings (SSSR count). The Labute approximate surface area is 124 Å². The van der Waals surface area contributed by atoms with Crippen LogP contribution in [0.4, 0.5) is 10.5 Å². The molecule has 0 atom stereocenters. The van der Waals surface area contributed by atoms with Crippen LogP contribution in [-0.4, -0.2) is 35.7 Å². The van der Waals surface area contributed by atoms with Gasteiger partial charge >= 0.3 is 6.03 Å². The number of nitrogens with one attached hydrogen (secondary N) is 3. The van der Waals surface area contributed by atoms with Crippen molar-refractivity contribution in [3.05, 3.63) is 29.8 Å². The van der Waals surface area contributed by atoms with E-state index in [4.69, 9.17) is 5.11 Å². The highest BCUT2D eigenvalue weighted by molar-refractivity contribution is 5.89. The maximum Gasteiger partial charge on any atom is 0.319 e. The molecule has 6 heteroatoms. The lowest BCUT2D eigenvalue weighted by Gasteiger charge is -2.23. The molecule has 21 heavy (non-hydrogen) atoms. The minimum atomic E-state index is -0.628. The van der Waals surface area contributed by atoms with Crippen LogP contribution in [0.25, 0.3) is 0 Å². The van der Waals surface area contributed by atoms with Crippen molar-refractivity contribution in [1.29, 1.82) is 0 Å². The summed E-state index contributed by atoms with van der Waals surface area (Å²) in [6, 6.07) is 6.80. The first-order valence-electron chi connectivity index (χ1n) is 6.92. The highest BCUT2D eigenvalue weighted by Gasteiger charge is 2.18. The fourth-order valence-corrected chi connectivity index (χ4v) is 1.69. The number of carbonyl (C=O) groups is 2. The Morgan fingerprint density at radius 3 is 2.33 bits per heavy atom. The summed E-state index contributed by atoms with van der Waals surface area (Å²) in [6.07, 6.45) is 0.227. The van der Waals surface area contributed by atoms with Crippen molar-refractivity contribution in [2.45, 2.75) is 32.7 Å². The third-order valence-electron chi connectivity index (χ3n) is 2.79. The topological polar surface area (TPSA) is 90.5 Å². The van der Waals surface area contributed by atoms with Gasteiger partial charge in [0.15, 0.2) is 0 Å². The Hall–Kier alpha value is -2.08. The Bertz CT molecular complexity index is 483. The number of aliphatic hydroxyl groups excluding tert-OH is 1. The predicted molar refractivity (Wildman–Crippen MR) is 82.1 cm³/mol.